The monoisotopic (exact) mass is 305 g/mol. The lowest BCUT2D eigenvalue weighted by atomic mass is 10.0. The molecule has 122 valence electrons. The molecule has 1 aliphatic heterocycles. The first-order valence-electron chi connectivity index (χ1n) is 7.91. The number of nitrogens with one attached hydrogen (secondary N) is 1. The minimum Gasteiger partial charge on any atom is -0.488 e. The molecule has 3 N–H and O–H groups in total. The predicted molar refractivity (Wildman–Crippen MR) is 88.9 cm³/mol. The van der Waals surface area contributed by atoms with Gasteiger partial charge in [0.1, 0.15) is 11.9 Å². The van der Waals surface area contributed by atoms with Crippen LogP contribution in [0.4, 0.5) is 5.69 Å². The zero-order valence-electron chi connectivity index (χ0n) is 13.9. The van der Waals surface area contributed by atoms with Gasteiger partial charge in [0.25, 0.3) is 0 Å². The van der Waals surface area contributed by atoms with Gasteiger partial charge in [-0.25, -0.2) is 0 Å². The van der Waals surface area contributed by atoms with Crippen LogP contribution in [0.2, 0.25) is 0 Å². The van der Waals surface area contributed by atoms with Crippen molar-refractivity contribution >= 4 is 11.6 Å². The van der Waals surface area contributed by atoms with Crippen LogP contribution in [0.3, 0.4) is 0 Å². The summed E-state index contributed by atoms with van der Waals surface area (Å²) in [6.45, 7) is 7.68. The number of ether oxygens (including phenoxy) is 1. The van der Waals surface area contributed by atoms with E-state index in [4.69, 9.17) is 10.5 Å². The summed E-state index contributed by atoms with van der Waals surface area (Å²) in [6, 6.07) is 5.71. The standard InChI is InChI=1S/C17H27N3O2/c1-11(2)20-10-12(3)16(9-19-4)22-15-6-5-14(18)7-13(15)8-17(20)21/h5-7,11-12,16,19H,8-10,18H2,1-4H3/t12-,16+/m1/s1. The third-order valence-electron chi connectivity index (χ3n) is 4.17. The van der Waals surface area contributed by atoms with E-state index in [1.807, 2.05) is 30.1 Å². The molecule has 0 saturated carbocycles. The van der Waals surface area contributed by atoms with Crippen LogP contribution in [0.1, 0.15) is 26.3 Å². The van der Waals surface area contributed by atoms with Crippen LogP contribution in [-0.4, -0.2) is 43.1 Å². The van der Waals surface area contributed by atoms with E-state index in [0.717, 1.165) is 17.9 Å². The molecule has 22 heavy (non-hydrogen) atoms. The molecule has 1 aromatic rings. The molecular weight excluding hydrogens is 278 g/mol. The van der Waals surface area contributed by atoms with Gasteiger partial charge in [0.2, 0.25) is 5.91 Å². The van der Waals surface area contributed by atoms with E-state index in [-0.39, 0.29) is 24.0 Å². The zero-order valence-corrected chi connectivity index (χ0v) is 13.9. The van der Waals surface area contributed by atoms with E-state index >= 15 is 0 Å². The Bertz CT molecular complexity index is 531. The number of fused-ring (bicyclic) bond motifs is 1. The highest BCUT2D eigenvalue weighted by molar-refractivity contribution is 5.80. The quantitative estimate of drug-likeness (QED) is 0.834. The first kappa shape index (κ1) is 16.6. The highest BCUT2D eigenvalue weighted by Crippen LogP contribution is 2.27. The van der Waals surface area contributed by atoms with E-state index in [2.05, 4.69) is 26.1 Å². The number of carbonyl (C=O) groups is 1. The number of anilines is 1. The molecule has 0 aliphatic carbocycles. The molecule has 5 nitrogen and oxygen atoms in total. The number of nitrogen functional groups attached to an aromatic ring is 1. The molecule has 2 rings (SSSR count). The Hall–Kier alpha value is -1.75. The van der Waals surface area contributed by atoms with Crippen molar-refractivity contribution in [3.8, 4) is 5.75 Å². The number of likely N-dealkylation sites (N-methyl/N-ethyl adjacent to an activating group) is 1. The lowest BCUT2D eigenvalue weighted by Gasteiger charge is -2.31. The number of amides is 1. The Morgan fingerprint density at radius 1 is 1.45 bits per heavy atom. The lowest BCUT2D eigenvalue weighted by Crippen LogP contribution is -2.45. The molecule has 0 radical (unpaired) electrons. The molecule has 1 heterocycles. The first-order chi connectivity index (χ1) is 10.4. The van der Waals surface area contributed by atoms with Crippen LogP contribution < -0.4 is 15.8 Å². The maximum absolute atomic E-state index is 12.7. The van der Waals surface area contributed by atoms with Crippen LogP contribution in [0.5, 0.6) is 5.75 Å². The average Bonchev–Trinajstić information content (AvgIpc) is 2.49. The van der Waals surface area contributed by atoms with Gasteiger partial charge in [-0.05, 0) is 39.1 Å². The molecule has 0 bridgehead atoms. The Balaban J connectivity index is 2.40. The molecular formula is C17H27N3O2. The van der Waals surface area contributed by atoms with Crippen LogP contribution >= 0.6 is 0 Å². The molecule has 0 spiro atoms. The SMILES string of the molecule is CNC[C@@H]1Oc2ccc(N)cc2CC(=O)N(C(C)C)C[C@H]1C. The average molecular weight is 305 g/mol. The summed E-state index contributed by atoms with van der Waals surface area (Å²) in [7, 11) is 1.91. The molecule has 1 amide bonds. The molecule has 0 unspecified atom stereocenters. The van der Waals surface area contributed by atoms with Crippen molar-refractivity contribution in [1.29, 1.82) is 0 Å². The Morgan fingerprint density at radius 3 is 2.82 bits per heavy atom. The number of hydrogen-bond acceptors (Lipinski definition) is 4. The molecule has 1 aromatic carbocycles. The summed E-state index contributed by atoms with van der Waals surface area (Å²) < 4.78 is 6.20. The number of carbonyl (C=O) groups excluding carboxylic acids is 1. The second kappa shape index (κ2) is 7.01. The minimum absolute atomic E-state index is 0.0134. The topological polar surface area (TPSA) is 67.6 Å². The Kier molecular flexibility index (Phi) is 5.29. The van der Waals surface area contributed by atoms with Gasteiger partial charge in [-0.2, -0.15) is 0 Å². The van der Waals surface area contributed by atoms with E-state index in [1.165, 1.54) is 0 Å². The minimum atomic E-state index is 0.0134. The first-order valence-corrected chi connectivity index (χ1v) is 7.91. The summed E-state index contributed by atoms with van der Waals surface area (Å²) in [4.78, 5) is 14.6. The number of benzene rings is 1. The summed E-state index contributed by atoms with van der Waals surface area (Å²) >= 11 is 0. The van der Waals surface area contributed by atoms with Crippen molar-refractivity contribution in [3.05, 3.63) is 23.8 Å². The van der Waals surface area contributed by atoms with Gasteiger partial charge in [0.05, 0.1) is 6.42 Å². The number of nitrogens with zero attached hydrogens (tertiary/aromatic N) is 1. The van der Waals surface area contributed by atoms with E-state index < -0.39 is 0 Å². The third kappa shape index (κ3) is 3.71. The summed E-state index contributed by atoms with van der Waals surface area (Å²) in [5, 5.41) is 3.18. The number of hydrogen-bond donors (Lipinski definition) is 2. The van der Waals surface area contributed by atoms with E-state index in [9.17, 15) is 4.79 Å². The van der Waals surface area contributed by atoms with Crippen LogP contribution in [0.25, 0.3) is 0 Å². The van der Waals surface area contributed by atoms with Gasteiger partial charge < -0.3 is 20.7 Å². The summed E-state index contributed by atoms with van der Waals surface area (Å²) in [5.74, 6) is 1.13. The smallest absolute Gasteiger partial charge is 0.227 e. The van der Waals surface area contributed by atoms with Crippen molar-refractivity contribution in [2.75, 3.05) is 25.9 Å². The Labute approximate surface area is 132 Å². The maximum atomic E-state index is 12.7. The van der Waals surface area contributed by atoms with Crippen LogP contribution in [0.15, 0.2) is 18.2 Å². The second-order valence-electron chi connectivity index (χ2n) is 6.38. The molecule has 1 aliphatic rings. The maximum Gasteiger partial charge on any atom is 0.227 e. The van der Waals surface area contributed by atoms with Crippen molar-refractivity contribution < 1.29 is 9.53 Å². The van der Waals surface area contributed by atoms with Crippen LogP contribution in [-0.2, 0) is 11.2 Å². The lowest BCUT2D eigenvalue weighted by molar-refractivity contribution is -0.133. The molecule has 5 heteroatoms. The molecule has 0 fully saturated rings. The van der Waals surface area contributed by atoms with Crippen molar-refractivity contribution in [1.82, 2.24) is 10.2 Å². The predicted octanol–water partition coefficient (Wildman–Crippen LogP) is 1.66. The van der Waals surface area contributed by atoms with Gasteiger partial charge in [0, 0.05) is 36.3 Å². The molecule has 0 saturated heterocycles. The third-order valence-corrected chi connectivity index (χ3v) is 4.17. The van der Waals surface area contributed by atoms with Gasteiger partial charge >= 0.3 is 0 Å². The largest absolute Gasteiger partial charge is 0.488 e. The van der Waals surface area contributed by atoms with Crippen molar-refractivity contribution in [2.24, 2.45) is 5.92 Å². The second-order valence-corrected chi connectivity index (χ2v) is 6.38. The number of rotatable bonds is 3. The summed E-state index contributed by atoms with van der Waals surface area (Å²) in [6.07, 6.45) is 0.344. The highest BCUT2D eigenvalue weighted by atomic mass is 16.5. The normalized spacial score (nSPS) is 22.6. The van der Waals surface area contributed by atoms with Crippen molar-refractivity contribution in [2.45, 2.75) is 39.3 Å². The number of nitrogens with two attached hydrogens (primary N) is 1. The van der Waals surface area contributed by atoms with Gasteiger partial charge in [-0.3, -0.25) is 4.79 Å². The fraction of sp³-hybridized carbons (Fsp3) is 0.588. The zero-order chi connectivity index (χ0) is 16.3. The molecule has 0 aromatic heterocycles. The van der Waals surface area contributed by atoms with Gasteiger partial charge in [0.15, 0.2) is 0 Å². The fourth-order valence-corrected chi connectivity index (χ4v) is 2.87. The fourth-order valence-electron chi connectivity index (χ4n) is 2.87. The summed E-state index contributed by atoms with van der Waals surface area (Å²) in [5.41, 5.74) is 7.40. The van der Waals surface area contributed by atoms with Gasteiger partial charge in [-0.15, -0.1) is 0 Å². The van der Waals surface area contributed by atoms with E-state index in [0.29, 0.717) is 18.7 Å². The van der Waals surface area contributed by atoms with Gasteiger partial charge in [-0.1, -0.05) is 6.92 Å². The highest BCUT2D eigenvalue weighted by Gasteiger charge is 2.28. The van der Waals surface area contributed by atoms with Crippen LogP contribution in [0, 0.1) is 5.92 Å². The Morgan fingerprint density at radius 2 is 2.18 bits per heavy atom. The van der Waals surface area contributed by atoms with Crippen molar-refractivity contribution in [3.63, 3.8) is 0 Å². The molecule has 2 atom stereocenters. The van der Waals surface area contributed by atoms with E-state index in [1.54, 1.807) is 0 Å².